The Bertz CT molecular complexity index is 422. The third-order valence-electron chi connectivity index (χ3n) is 2.36. The van der Waals surface area contributed by atoms with Crippen LogP contribution in [0.1, 0.15) is 18.9 Å². The fraction of sp³-hybridized carbons (Fsp3) is 0.250. The van der Waals surface area contributed by atoms with Gasteiger partial charge < -0.3 is 0 Å². The first-order valence-corrected chi connectivity index (χ1v) is 5.59. The van der Waals surface area contributed by atoms with E-state index in [1.54, 1.807) is 25.1 Å². The van der Waals surface area contributed by atoms with E-state index in [1.165, 1.54) is 6.07 Å². The van der Waals surface area contributed by atoms with Crippen molar-refractivity contribution in [3.63, 3.8) is 0 Å². The number of nitrogens with zero attached hydrogens (tertiary/aromatic N) is 1. The molecule has 1 aromatic rings. The van der Waals surface area contributed by atoms with Crippen LogP contribution in [0.2, 0.25) is 0 Å². The predicted molar refractivity (Wildman–Crippen MR) is 66.9 cm³/mol. The van der Waals surface area contributed by atoms with Crippen molar-refractivity contribution >= 4 is 22.6 Å². The third-order valence-corrected chi connectivity index (χ3v) is 3.23. The molecule has 0 aliphatic carbocycles. The van der Waals surface area contributed by atoms with E-state index in [0.717, 1.165) is 0 Å². The zero-order chi connectivity index (χ0) is 11.5. The van der Waals surface area contributed by atoms with Crippen LogP contribution in [0.4, 0.5) is 4.39 Å². The minimum atomic E-state index is -0.688. The molecular weight excluding hydrogens is 304 g/mol. The topological polar surface area (TPSA) is 23.8 Å². The largest absolute Gasteiger partial charge is 0.206 e. The van der Waals surface area contributed by atoms with E-state index < -0.39 is 5.41 Å². The van der Waals surface area contributed by atoms with Crippen molar-refractivity contribution in [1.82, 2.24) is 0 Å². The molecule has 1 rings (SSSR count). The first kappa shape index (κ1) is 12.2. The highest BCUT2D eigenvalue weighted by atomic mass is 127. The predicted octanol–water partition coefficient (Wildman–Crippen LogP) is 3.79. The summed E-state index contributed by atoms with van der Waals surface area (Å²) in [6.07, 6.45) is 2.20. The molecule has 0 N–H and O–H groups in total. The molecule has 0 saturated heterocycles. The molecule has 0 aliphatic heterocycles. The van der Waals surface area contributed by atoms with Crippen molar-refractivity contribution in [1.29, 1.82) is 5.26 Å². The molecule has 0 fully saturated rings. The van der Waals surface area contributed by atoms with Crippen LogP contribution < -0.4 is 0 Å². The van der Waals surface area contributed by atoms with Gasteiger partial charge in [-0.25, -0.2) is 4.39 Å². The van der Waals surface area contributed by atoms with Crippen LogP contribution >= 0.6 is 22.6 Å². The summed E-state index contributed by atoms with van der Waals surface area (Å²) in [5, 5.41) is 9.11. The zero-order valence-corrected chi connectivity index (χ0v) is 10.6. The summed E-state index contributed by atoms with van der Waals surface area (Å²) in [6, 6.07) is 7.10. The lowest BCUT2D eigenvalue weighted by atomic mass is 9.81. The quantitative estimate of drug-likeness (QED) is 0.615. The lowest BCUT2D eigenvalue weighted by molar-refractivity contribution is 0.589. The van der Waals surface area contributed by atoms with E-state index in [4.69, 9.17) is 5.26 Å². The zero-order valence-electron chi connectivity index (χ0n) is 8.43. The monoisotopic (exact) mass is 315 g/mol. The molecule has 1 atom stereocenters. The maximum absolute atomic E-state index is 13.3. The van der Waals surface area contributed by atoms with Gasteiger partial charge in [0.1, 0.15) is 5.82 Å². The maximum atomic E-state index is 13.3. The summed E-state index contributed by atoms with van der Waals surface area (Å²) in [5.74, 6) is -0.279. The van der Waals surface area contributed by atoms with Crippen LogP contribution in [0.3, 0.4) is 0 Å². The van der Waals surface area contributed by atoms with Crippen molar-refractivity contribution in [2.24, 2.45) is 0 Å². The summed E-state index contributed by atoms with van der Waals surface area (Å²) in [5.41, 5.74) is 0.00948. The lowest BCUT2D eigenvalue weighted by Crippen LogP contribution is -2.18. The van der Waals surface area contributed by atoms with E-state index in [1.807, 2.05) is 22.6 Å². The van der Waals surface area contributed by atoms with Crippen LogP contribution in [0.25, 0.3) is 0 Å². The van der Waals surface area contributed by atoms with Crippen molar-refractivity contribution in [3.05, 3.63) is 45.8 Å². The molecule has 0 amide bonds. The molecule has 0 heterocycles. The van der Waals surface area contributed by atoms with E-state index in [-0.39, 0.29) is 5.82 Å². The van der Waals surface area contributed by atoms with Gasteiger partial charge in [0.25, 0.3) is 0 Å². The summed E-state index contributed by atoms with van der Waals surface area (Å²) in [7, 11) is 0. The van der Waals surface area contributed by atoms with Gasteiger partial charge in [0.05, 0.1) is 11.5 Å². The second-order valence-corrected chi connectivity index (χ2v) is 4.73. The van der Waals surface area contributed by atoms with Crippen molar-refractivity contribution in [2.75, 3.05) is 0 Å². The number of rotatable bonds is 3. The first-order valence-electron chi connectivity index (χ1n) is 4.51. The van der Waals surface area contributed by atoms with Crippen LogP contribution in [-0.2, 0) is 5.41 Å². The number of allylic oxidation sites excluding steroid dienone is 1. The van der Waals surface area contributed by atoms with Crippen molar-refractivity contribution < 1.29 is 4.39 Å². The fourth-order valence-corrected chi connectivity index (χ4v) is 1.69. The van der Waals surface area contributed by atoms with E-state index in [2.05, 4.69) is 12.6 Å². The smallest absolute Gasteiger partial charge is 0.136 e. The summed E-state index contributed by atoms with van der Waals surface area (Å²) >= 11 is 1.92. The number of halogens is 2. The Morgan fingerprint density at radius 1 is 1.67 bits per heavy atom. The van der Waals surface area contributed by atoms with Gasteiger partial charge in [0, 0.05) is 3.57 Å². The number of hydrogen-bond donors (Lipinski definition) is 0. The fourth-order valence-electron chi connectivity index (χ4n) is 1.36. The van der Waals surface area contributed by atoms with Crippen molar-refractivity contribution in [3.8, 4) is 6.07 Å². The van der Waals surface area contributed by atoms with Crippen LogP contribution in [0.5, 0.6) is 0 Å². The van der Waals surface area contributed by atoms with Gasteiger partial charge in [0.15, 0.2) is 0 Å². The average molecular weight is 315 g/mol. The molecule has 0 aromatic heterocycles. The van der Waals surface area contributed by atoms with Gasteiger partial charge >= 0.3 is 0 Å². The van der Waals surface area contributed by atoms with Gasteiger partial charge in [-0.2, -0.15) is 5.26 Å². The van der Waals surface area contributed by atoms with Gasteiger partial charge in [-0.3, -0.25) is 0 Å². The minimum Gasteiger partial charge on any atom is -0.206 e. The SMILES string of the molecule is C=CCC(C)(C#N)c1ccc(I)c(F)c1. The number of nitriles is 1. The van der Waals surface area contributed by atoms with E-state index >= 15 is 0 Å². The van der Waals surface area contributed by atoms with Gasteiger partial charge in [-0.05, 0) is 53.6 Å². The Balaban J connectivity index is 3.20. The third kappa shape index (κ3) is 2.57. The number of benzene rings is 1. The van der Waals surface area contributed by atoms with E-state index in [0.29, 0.717) is 15.6 Å². The molecular formula is C12H11FIN. The first-order chi connectivity index (χ1) is 7.03. The summed E-state index contributed by atoms with van der Waals surface area (Å²) in [4.78, 5) is 0. The van der Waals surface area contributed by atoms with E-state index in [9.17, 15) is 4.39 Å². The Morgan fingerprint density at radius 3 is 2.80 bits per heavy atom. The second-order valence-electron chi connectivity index (χ2n) is 3.57. The van der Waals surface area contributed by atoms with Gasteiger partial charge in [0.2, 0.25) is 0 Å². The normalized spacial score (nSPS) is 14.0. The van der Waals surface area contributed by atoms with Gasteiger partial charge in [-0.15, -0.1) is 6.58 Å². The Morgan fingerprint density at radius 2 is 2.33 bits per heavy atom. The lowest BCUT2D eigenvalue weighted by Gasteiger charge is -2.20. The molecule has 15 heavy (non-hydrogen) atoms. The standard InChI is InChI=1S/C12H11FIN/c1-3-6-12(2,8-15)9-4-5-11(14)10(13)7-9/h3-5,7H,1,6H2,2H3. The summed E-state index contributed by atoms with van der Waals surface area (Å²) < 4.78 is 13.9. The molecule has 1 unspecified atom stereocenters. The molecule has 0 aliphatic rings. The van der Waals surface area contributed by atoms with Crippen LogP contribution in [0, 0.1) is 20.7 Å². The van der Waals surface area contributed by atoms with Crippen LogP contribution in [0.15, 0.2) is 30.9 Å². The Labute approximate surface area is 103 Å². The van der Waals surface area contributed by atoms with Crippen molar-refractivity contribution in [2.45, 2.75) is 18.8 Å². The molecule has 3 heteroatoms. The molecule has 1 nitrogen and oxygen atoms in total. The highest BCUT2D eigenvalue weighted by Gasteiger charge is 2.25. The molecule has 78 valence electrons. The summed E-state index contributed by atoms with van der Waals surface area (Å²) in [6.45, 7) is 5.40. The molecule has 0 saturated carbocycles. The minimum absolute atomic E-state index is 0.279. The van der Waals surface area contributed by atoms with Crippen LogP contribution in [-0.4, -0.2) is 0 Å². The Kier molecular flexibility index (Phi) is 3.86. The molecule has 0 spiro atoms. The highest BCUT2D eigenvalue weighted by Crippen LogP contribution is 2.28. The van der Waals surface area contributed by atoms with Gasteiger partial charge in [-0.1, -0.05) is 12.1 Å². The second kappa shape index (κ2) is 4.75. The highest BCUT2D eigenvalue weighted by molar-refractivity contribution is 14.1. The molecule has 1 aromatic carbocycles. The number of hydrogen-bond acceptors (Lipinski definition) is 1. The molecule has 0 radical (unpaired) electrons. The molecule has 0 bridgehead atoms. The maximum Gasteiger partial charge on any atom is 0.136 e. The average Bonchev–Trinajstić information content (AvgIpc) is 2.22. The Hall–Kier alpha value is -0.890.